The third-order valence-corrected chi connectivity index (χ3v) is 4.97. The normalized spacial score (nSPS) is 12.9. The highest BCUT2D eigenvalue weighted by Crippen LogP contribution is 2.38. The molecule has 0 saturated carbocycles. The Labute approximate surface area is 176 Å². The van der Waals surface area contributed by atoms with Gasteiger partial charge in [-0.25, -0.2) is 5.01 Å². The van der Waals surface area contributed by atoms with E-state index < -0.39 is 0 Å². The van der Waals surface area contributed by atoms with Gasteiger partial charge >= 0.3 is 0 Å². The second-order valence-electron chi connectivity index (χ2n) is 6.64. The summed E-state index contributed by atoms with van der Waals surface area (Å²) in [5.41, 5.74) is 4.10. The predicted octanol–water partition coefficient (Wildman–Crippen LogP) is 4.09. The topological polar surface area (TPSA) is 69.6 Å². The van der Waals surface area contributed by atoms with Crippen molar-refractivity contribution >= 4 is 17.2 Å². The van der Waals surface area contributed by atoms with Gasteiger partial charge in [-0.15, -0.1) is 0 Å². The largest absolute Gasteiger partial charge is 0.493 e. The zero-order valence-electron chi connectivity index (χ0n) is 18.1. The molecule has 0 atom stereocenters. The van der Waals surface area contributed by atoms with E-state index in [1.54, 1.807) is 34.6 Å². The van der Waals surface area contributed by atoms with Crippen LogP contribution in [-0.2, 0) is 4.79 Å². The molecule has 0 fully saturated rings. The van der Waals surface area contributed by atoms with Crippen molar-refractivity contribution in [2.45, 2.75) is 20.3 Å². The summed E-state index contributed by atoms with van der Waals surface area (Å²) >= 11 is 0. The Bertz CT molecular complexity index is 1030. The third-order valence-electron chi connectivity index (χ3n) is 4.97. The molecule has 1 heterocycles. The van der Waals surface area contributed by atoms with Gasteiger partial charge in [-0.2, -0.15) is 5.10 Å². The lowest BCUT2D eigenvalue weighted by atomic mass is 9.92. The van der Waals surface area contributed by atoms with Crippen LogP contribution in [0, 0.1) is 0 Å². The monoisotopic (exact) mass is 410 g/mol. The zero-order valence-corrected chi connectivity index (χ0v) is 18.1. The number of carbonyl (C=O) groups is 1. The number of hydrogen-bond donors (Lipinski definition) is 0. The highest BCUT2D eigenvalue weighted by atomic mass is 16.5. The van der Waals surface area contributed by atoms with Gasteiger partial charge in [0, 0.05) is 24.3 Å². The maximum absolute atomic E-state index is 12.3. The standard InChI is InChI=1S/C23H26N2O5/c1-7-15-13-25(14(2)26)24-23(16-8-9-19(27-3)20(10-16)28-4)18-12-22(30-6)21(29-5)11-17(15)18/h8-13H,7H2,1-6H3. The second kappa shape index (κ2) is 8.90. The first-order valence-corrected chi connectivity index (χ1v) is 9.55. The molecule has 2 aromatic rings. The van der Waals surface area contributed by atoms with Crippen molar-refractivity contribution in [3.05, 3.63) is 53.2 Å². The van der Waals surface area contributed by atoms with Crippen molar-refractivity contribution in [3.63, 3.8) is 0 Å². The number of methoxy groups -OCH3 is 4. The van der Waals surface area contributed by atoms with Gasteiger partial charge in [-0.3, -0.25) is 4.79 Å². The molecule has 158 valence electrons. The lowest BCUT2D eigenvalue weighted by Gasteiger charge is -2.17. The average Bonchev–Trinajstić information content (AvgIpc) is 2.94. The molecule has 0 radical (unpaired) electrons. The molecule has 0 saturated heterocycles. The van der Waals surface area contributed by atoms with Crippen molar-refractivity contribution in [2.24, 2.45) is 5.10 Å². The van der Waals surface area contributed by atoms with E-state index in [0.717, 1.165) is 22.3 Å². The minimum atomic E-state index is -0.189. The van der Waals surface area contributed by atoms with Gasteiger partial charge in [0.05, 0.1) is 34.2 Å². The number of hydrazone groups is 1. The van der Waals surface area contributed by atoms with E-state index in [0.29, 0.717) is 35.1 Å². The summed E-state index contributed by atoms with van der Waals surface area (Å²) in [7, 11) is 6.35. The number of ether oxygens (including phenoxy) is 4. The van der Waals surface area contributed by atoms with Gasteiger partial charge in [0.1, 0.15) is 0 Å². The molecule has 2 aromatic carbocycles. The van der Waals surface area contributed by atoms with Crippen molar-refractivity contribution in [1.29, 1.82) is 0 Å². The minimum Gasteiger partial charge on any atom is -0.493 e. The van der Waals surface area contributed by atoms with Crippen molar-refractivity contribution in [3.8, 4) is 23.0 Å². The molecule has 1 amide bonds. The molecule has 0 spiro atoms. The summed E-state index contributed by atoms with van der Waals surface area (Å²) in [5, 5.41) is 6.04. The van der Waals surface area contributed by atoms with Crippen LogP contribution in [-0.4, -0.2) is 45.1 Å². The Morgan fingerprint density at radius 2 is 1.43 bits per heavy atom. The number of allylic oxidation sites excluding steroid dienone is 1. The molecule has 0 aromatic heterocycles. The fourth-order valence-electron chi connectivity index (χ4n) is 3.39. The Balaban J connectivity index is 2.32. The minimum absolute atomic E-state index is 0.189. The summed E-state index contributed by atoms with van der Waals surface area (Å²) in [6.07, 6.45) is 2.47. The number of carbonyl (C=O) groups excluding carboxylic acids is 1. The fraction of sp³-hybridized carbons (Fsp3) is 0.304. The summed E-state index contributed by atoms with van der Waals surface area (Å²) in [6.45, 7) is 3.52. The Morgan fingerprint density at radius 1 is 0.867 bits per heavy atom. The average molecular weight is 410 g/mol. The molecule has 7 heteroatoms. The van der Waals surface area contributed by atoms with Gasteiger partial charge in [0.15, 0.2) is 23.0 Å². The van der Waals surface area contributed by atoms with E-state index >= 15 is 0 Å². The zero-order chi connectivity index (χ0) is 21.8. The molecule has 0 unspecified atom stereocenters. The van der Waals surface area contributed by atoms with Crippen LogP contribution in [0.3, 0.4) is 0 Å². The molecule has 0 N–H and O–H groups in total. The van der Waals surface area contributed by atoms with Crippen LogP contribution in [0.15, 0.2) is 41.6 Å². The van der Waals surface area contributed by atoms with Gasteiger partial charge in [-0.1, -0.05) is 6.92 Å². The van der Waals surface area contributed by atoms with Crippen LogP contribution in [0.2, 0.25) is 0 Å². The molecule has 3 rings (SSSR count). The van der Waals surface area contributed by atoms with E-state index in [2.05, 4.69) is 5.10 Å². The molecule has 1 aliphatic heterocycles. The van der Waals surface area contributed by atoms with E-state index in [1.807, 2.05) is 37.3 Å². The summed E-state index contributed by atoms with van der Waals surface area (Å²) < 4.78 is 21.9. The number of hydrogen-bond acceptors (Lipinski definition) is 6. The van der Waals surface area contributed by atoms with Gasteiger partial charge in [0.2, 0.25) is 5.91 Å². The first-order chi connectivity index (χ1) is 14.5. The van der Waals surface area contributed by atoms with Crippen LogP contribution in [0.25, 0.3) is 5.57 Å². The second-order valence-corrected chi connectivity index (χ2v) is 6.64. The summed E-state index contributed by atoms with van der Waals surface area (Å²) in [4.78, 5) is 12.3. The van der Waals surface area contributed by atoms with Crippen molar-refractivity contribution in [2.75, 3.05) is 28.4 Å². The Morgan fingerprint density at radius 3 is 1.97 bits per heavy atom. The molecular weight excluding hydrogens is 384 g/mol. The molecule has 0 aliphatic carbocycles. The van der Waals surface area contributed by atoms with Crippen LogP contribution in [0.1, 0.15) is 37.0 Å². The number of rotatable bonds is 6. The van der Waals surface area contributed by atoms with E-state index in [9.17, 15) is 4.79 Å². The highest BCUT2D eigenvalue weighted by Gasteiger charge is 2.24. The van der Waals surface area contributed by atoms with Gasteiger partial charge < -0.3 is 18.9 Å². The highest BCUT2D eigenvalue weighted by molar-refractivity contribution is 6.16. The number of amides is 1. The van der Waals surface area contributed by atoms with Crippen LogP contribution < -0.4 is 18.9 Å². The SMILES string of the molecule is CCC1=CN(C(C)=O)N=C(c2ccc(OC)c(OC)c2)c2cc(OC)c(OC)cc21. The molecule has 30 heavy (non-hydrogen) atoms. The van der Waals surface area contributed by atoms with Crippen LogP contribution in [0.5, 0.6) is 23.0 Å². The molecular formula is C23H26N2O5. The van der Waals surface area contributed by atoms with E-state index in [-0.39, 0.29) is 5.91 Å². The Kier molecular flexibility index (Phi) is 6.30. The quantitative estimate of drug-likeness (QED) is 0.718. The molecule has 0 bridgehead atoms. The smallest absolute Gasteiger partial charge is 0.243 e. The lowest BCUT2D eigenvalue weighted by molar-refractivity contribution is -0.126. The Hall–Kier alpha value is -3.48. The summed E-state index contributed by atoms with van der Waals surface area (Å²) in [5.74, 6) is 2.18. The van der Waals surface area contributed by atoms with Crippen LogP contribution in [0.4, 0.5) is 0 Å². The van der Waals surface area contributed by atoms with Crippen molar-refractivity contribution < 1.29 is 23.7 Å². The van der Waals surface area contributed by atoms with Gasteiger partial charge in [0.25, 0.3) is 0 Å². The van der Waals surface area contributed by atoms with Crippen LogP contribution >= 0.6 is 0 Å². The maximum Gasteiger partial charge on any atom is 0.243 e. The van der Waals surface area contributed by atoms with E-state index in [4.69, 9.17) is 18.9 Å². The molecule has 7 nitrogen and oxygen atoms in total. The predicted molar refractivity (Wildman–Crippen MR) is 116 cm³/mol. The number of benzene rings is 2. The summed E-state index contributed by atoms with van der Waals surface area (Å²) in [6, 6.07) is 9.35. The lowest BCUT2D eigenvalue weighted by Crippen LogP contribution is -2.19. The first kappa shape index (κ1) is 21.2. The third kappa shape index (κ3) is 3.83. The maximum atomic E-state index is 12.3. The number of nitrogens with zero attached hydrogens (tertiary/aromatic N) is 2. The number of fused-ring (bicyclic) bond motifs is 1. The first-order valence-electron chi connectivity index (χ1n) is 9.55. The molecule has 1 aliphatic rings. The van der Waals surface area contributed by atoms with Crippen molar-refractivity contribution in [1.82, 2.24) is 5.01 Å². The van der Waals surface area contributed by atoms with E-state index in [1.165, 1.54) is 11.9 Å². The fourth-order valence-corrected chi connectivity index (χ4v) is 3.39. The van der Waals surface area contributed by atoms with Gasteiger partial charge in [-0.05, 0) is 47.9 Å².